The molecule has 0 amide bonds. The Hall–Kier alpha value is -7.86. The van der Waals surface area contributed by atoms with Crippen molar-refractivity contribution in [3.8, 4) is 39.1 Å². The number of thiophene rings is 1. The zero-order valence-electron chi connectivity index (χ0n) is 33.6. The molecule has 0 spiro atoms. The maximum atomic E-state index is 5.37. The quantitative estimate of drug-likeness (QED) is 0.171. The molecule has 62 heavy (non-hydrogen) atoms. The van der Waals surface area contributed by atoms with Gasteiger partial charge in [-0.05, 0) is 64.2 Å². The predicted octanol–water partition coefficient (Wildman–Crippen LogP) is 14.6. The van der Waals surface area contributed by atoms with Crippen LogP contribution >= 0.6 is 11.3 Å². The second-order valence-electron chi connectivity index (χ2n) is 15.8. The summed E-state index contributed by atoms with van der Waals surface area (Å²) in [4.78, 5) is 10.6. The van der Waals surface area contributed by atoms with Crippen molar-refractivity contribution in [2.45, 2.75) is 6.17 Å². The first kappa shape index (κ1) is 36.0. The topological polar surface area (TPSA) is 41.7 Å². The first-order valence-corrected chi connectivity index (χ1v) is 21.8. The Morgan fingerprint density at radius 2 is 0.952 bits per heavy atom. The van der Waals surface area contributed by atoms with E-state index in [0.717, 1.165) is 61.5 Å². The van der Waals surface area contributed by atoms with Crippen LogP contribution in [0.3, 0.4) is 0 Å². The van der Waals surface area contributed by atoms with Crippen LogP contribution in [0.4, 0.5) is 0 Å². The molecule has 0 saturated heterocycles. The monoisotopic (exact) mass is 810 g/mol. The maximum Gasteiger partial charge on any atom is 0.159 e. The molecule has 292 valence electrons. The van der Waals surface area contributed by atoms with Gasteiger partial charge in [0.25, 0.3) is 0 Å². The molecule has 2 aromatic heterocycles. The highest BCUT2D eigenvalue weighted by atomic mass is 32.1. The second kappa shape index (κ2) is 15.0. The lowest BCUT2D eigenvalue weighted by Gasteiger charge is -2.26. The average molecular weight is 811 g/mol. The Balaban J connectivity index is 1.12. The Kier molecular flexibility index (Phi) is 8.72. The third kappa shape index (κ3) is 6.21. The summed E-state index contributed by atoms with van der Waals surface area (Å²) in [5.41, 5.74) is 13.3. The van der Waals surface area contributed by atoms with Crippen LogP contribution in [-0.2, 0) is 0 Å². The minimum atomic E-state index is -0.339. The van der Waals surface area contributed by atoms with Gasteiger partial charge in [-0.15, -0.1) is 11.3 Å². The largest absolute Gasteiger partial charge is 0.344 e. The Bertz CT molecular complexity index is 3450. The van der Waals surface area contributed by atoms with Gasteiger partial charge < -0.3 is 9.88 Å². The van der Waals surface area contributed by atoms with Crippen molar-refractivity contribution in [3.05, 3.63) is 235 Å². The van der Waals surface area contributed by atoms with Crippen molar-refractivity contribution in [2.24, 2.45) is 9.98 Å². The predicted molar refractivity (Wildman–Crippen MR) is 262 cm³/mol. The number of aromatic nitrogens is 1. The first-order chi connectivity index (χ1) is 30.7. The Morgan fingerprint density at radius 1 is 0.403 bits per heavy atom. The molecular formula is C57H38N4S. The molecule has 0 aliphatic carbocycles. The van der Waals surface area contributed by atoms with Crippen LogP contribution < -0.4 is 5.32 Å². The molecule has 3 heterocycles. The smallest absolute Gasteiger partial charge is 0.159 e. The lowest BCUT2D eigenvalue weighted by atomic mass is 9.92. The molecular weight excluding hydrogens is 773 g/mol. The van der Waals surface area contributed by atoms with E-state index in [1.54, 1.807) is 0 Å². The zero-order valence-corrected chi connectivity index (χ0v) is 34.4. The number of aliphatic imine (C=N–C) groups is 2. The minimum absolute atomic E-state index is 0.339. The first-order valence-electron chi connectivity index (χ1n) is 21.0. The van der Waals surface area contributed by atoms with Crippen molar-refractivity contribution in [3.63, 3.8) is 0 Å². The highest BCUT2D eigenvalue weighted by Gasteiger charge is 2.26. The summed E-state index contributed by atoms with van der Waals surface area (Å²) in [6.45, 7) is 0. The summed E-state index contributed by atoms with van der Waals surface area (Å²) in [5, 5.41) is 8.85. The molecule has 1 unspecified atom stereocenters. The van der Waals surface area contributed by atoms with Gasteiger partial charge in [0.1, 0.15) is 12.0 Å². The Labute approximate surface area is 363 Å². The number of nitrogens with zero attached hydrogens (tertiary/aromatic N) is 3. The maximum absolute atomic E-state index is 5.37. The number of amidine groups is 2. The van der Waals surface area contributed by atoms with E-state index in [9.17, 15) is 0 Å². The summed E-state index contributed by atoms with van der Waals surface area (Å²) in [7, 11) is 0. The van der Waals surface area contributed by atoms with Gasteiger partial charge in [0.2, 0.25) is 0 Å². The van der Waals surface area contributed by atoms with E-state index in [0.29, 0.717) is 5.84 Å². The van der Waals surface area contributed by atoms with Gasteiger partial charge >= 0.3 is 0 Å². The van der Waals surface area contributed by atoms with Gasteiger partial charge in [-0.1, -0.05) is 182 Å². The number of hydrogen-bond donors (Lipinski definition) is 1. The van der Waals surface area contributed by atoms with E-state index in [-0.39, 0.29) is 6.17 Å². The third-order valence-electron chi connectivity index (χ3n) is 12.1. The number of rotatable bonds is 7. The summed E-state index contributed by atoms with van der Waals surface area (Å²) in [5.74, 6) is 1.46. The van der Waals surface area contributed by atoms with Crippen LogP contribution in [0.15, 0.2) is 228 Å². The van der Waals surface area contributed by atoms with E-state index in [1.165, 1.54) is 42.0 Å². The van der Waals surface area contributed by atoms with Gasteiger partial charge in [-0.3, -0.25) is 0 Å². The summed E-state index contributed by atoms with van der Waals surface area (Å²) >= 11 is 1.86. The summed E-state index contributed by atoms with van der Waals surface area (Å²) in [6, 6.07) is 78.2. The van der Waals surface area contributed by atoms with E-state index in [4.69, 9.17) is 9.98 Å². The Morgan fingerprint density at radius 3 is 1.63 bits per heavy atom. The van der Waals surface area contributed by atoms with E-state index >= 15 is 0 Å². The molecule has 1 aliphatic heterocycles. The van der Waals surface area contributed by atoms with Crippen molar-refractivity contribution >= 4 is 65.0 Å². The normalized spacial score (nSPS) is 14.0. The van der Waals surface area contributed by atoms with Crippen molar-refractivity contribution in [1.82, 2.24) is 9.88 Å². The molecule has 0 fully saturated rings. The SMILES string of the molecule is c1ccc(-c2ccc(C3=NC(c4ccccc4)NC(c4cc(-c5ccccc5)c(-n5c6ccccc6c6cc7c(cc65)sc5ccccc57)c(-c5ccccc5)c4)=N3)cc2)cc1. The van der Waals surface area contributed by atoms with Gasteiger partial charge in [0.05, 0.1) is 16.7 Å². The highest BCUT2D eigenvalue weighted by Crippen LogP contribution is 2.45. The molecule has 4 nitrogen and oxygen atoms in total. The van der Waals surface area contributed by atoms with E-state index in [1.807, 2.05) is 23.5 Å². The molecule has 1 atom stereocenters. The fraction of sp³-hybridized carbons (Fsp3) is 0.0175. The molecule has 5 heteroatoms. The van der Waals surface area contributed by atoms with E-state index in [2.05, 4.69) is 216 Å². The number of nitrogens with one attached hydrogen (secondary N) is 1. The third-order valence-corrected chi connectivity index (χ3v) is 13.2. The fourth-order valence-corrected chi connectivity index (χ4v) is 10.2. The standard InChI is InChI=1S/C57H38N4S/c1-5-17-37(18-6-1)38-29-31-42(32-30-38)56-58-55(41-23-11-4-12-24-41)59-57(60-56)43-33-46(39-19-7-2-8-20-39)54(47(34-43)40-21-9-3-10-22-40)61-50-27-15-13-25-44(50)48-35-49-45-26-14-16-28-52(45)62-53(49)36-51(48)61/h1-36,55H,(H,58,59,60). The number of para-hydroxylation sites is 1. The van der Waals surface area contributed by atoms with Gasteiger partial charge in [0.15, 0.2) is 5.84 Å². The fourth-order valence-electron chi connectivity index (χ4n) is 9.09. The molecule has 9 aromatic carbocycles. The zero-order chi connectivity index (χ0) is 41.0. The molecule has 0 radical (unpaired) electrons. The second-order valence-corrected chi connectivity index (χ2v) is 16.9. The van der Waals surface area contributed by atoms with Gasteiger partial charge in [-0.25, -0.2) is 9.98 Å². The summed E-state index contributed by atoms with van der Waals surface area (Å²) < 4.78 is 5.08. The summed E-state index contributed by atoms with van der Waals surface area (Å²) in [6.07, 6.45) is -0.339. The van der Waals surface area contributed by atoms with Gasteiger partial charge in [0, 0.05) is 53.2 Å². The van der Waals surface area contributed by atoms with Crippen molar-refractivity contribution in [1.29, 1.82) is 0 Å². The number of hydrogen-bond acceptors (Lipinski definition) is 4. The lowest BCUT2D eigenvalue weighted by molar-refractivity contribution is 0.674. The van der Waals surface area contributed by atoms with E-state index < -0.39 is 0 Å². The lowest BCUT2D eigenvalue weighted by Crippen LogP contribution is -2.33. The van der Waals surface area contributed by atoms with Crippen LogP contribution in [0.1, 0.15) is 22.9 Å². The number of fused-ring (bicyclic) bond motifs is 6. The average Bonchev–Trinajstić information content (AvgIpc) is 3.88. The van der Waals surface area contributed by atoms with Crippen LogP contribution in [0, 0.1) is 0 Å². The van der Waals surface area contributed by atoms with Crippen molar-refractivity contribution < 1.29 is 0 Å². The molecule has 11 aromatic rings. The molecule has 12 rings (SSSR count). The molecule has 1 N–H and O–H groups in total. The molecule has 0 bridgehead atoms. The van der Waals surface area contributed by atoms with Crippen LogP contribution in [0.2, 0.25) is 0 Å². The minimum Gasteiger partial charge on any atom is -0.344 e. The number of benzene rings is 9. The highest BCUT2D eigenvalue weighted by molar-refractivity contribution is 7.25. The van der Waals surface area contributed by atoms with Gasteiger partial charge in [-0.2, -0.15) is 0 Å². The van der Waals surface area contributed by atoms with Crippen LogP contribution in [0.5, 0.6) is 0 Å². The van der Waals surface area contributed by atoms with Crippen LogP contribution in [-0.4, -0.2) is 16.2 Å². The van der Waals surface area contributed by atoms with Crippen molar-refractivity contribution in [2.75, 3.05) is 0 Å². The molecule has 1 aliphatic rings. The van der Waals surface area contributed by atoms with Crippen LogP contribution in [0.25, 0.3) is 81.0 Å². The molecule has 0 saturated carbocycles.